The van der Waals surface area contributed by atoms with Crippen molar-refractivity contribution in [3.05, 3.63) is 47.9 Å². The van der Waals surface area contributed by atoms with Gasteiger partial charge in [-0.2, -0.15) is 4.98 Å². The molecule has 1 fully saturated rings. The molecule has 0 saturated heterocycles. The Labute approximate surface area is 207 Å². The van der Waals surface area contributed by atoms with E-state index in [9.17, 15) is 4.79 Å². The maximum atomic E-state index is 15.1. The van der Waals surface area contributed by atoms with Crippen LogP contribution in [0, 0.1) is 11.7 Å². The number of fused-ring (bicyclic) bond motifs is 1. The molecule has 0 amide bonds. The maximum Gasteiger partial charge on any atom is 0.303 e. The summed E-state index contributed by atoms with van der Waals surface area (Å²) in [4.78, 5) is 27.2. The third-order valence-corrected chi connectivity index (χ3v) is 6.48. The van der Waals surface area contributed by atoms with E-state index >= 15 is 4.39 Å². The lowest BCUT2D eigenvalue weighted by molar-refractivity contribution is -0.138. The van der Waals surface area contributed by atoms with Gasteiger partial charge in [-0.15, -0.1) is 0 Å². The lowest BCUT2D eigenvalue weighted by atomic mass is 9.85. The van der Waals surface area contributed by atoms with Crippen LogP contribution in [0.3, 0.4) is 0 Å². The quantitative estimate of drug-likeness (QED) is 0.422. The molecule has 36 heavy (non-hydrogen) atoms. The molecule has 3 aromatic rings. The third-order valence-electron chi connectivity index (χ3n) is 6.48. The Kier molecular flexibility index (Phi) is 6.95. The summed E-state index contributed by atoms with van der Waals surface area (Å²) < 4.78 is 26.5. The predicted molar refractivity (Wildman–Crippen MR) is 133 cm³/mol. The van der Waals surface area contributed by atoms with Gasteiger partial charge in [0, 0.05) is 30.5 Å². The zero-order valence-corrected chi connectivity index (χ0v) is 19.9. The number of H-pyrrole nitrogens is 1. The summed E-state index contributed by atoms with van der Waals surface area (Å²) in [5.41, 5.74) is 2.92. The Morgan fingerprint density at radius 2 is 2.00 bits per heavy atom. The number of aliphatic imine (C=N–C) groups is 1. The Morgan fingerprint density at radius 1 is 1.17 bits per heavy atom. The highest BCUT2D eigenvalue weighted by Gasteiger charge is 2.26. The molecule has 2 aliphatic rings. The lowest BCUT2D eigenvalue weighted by Gasteiger charge is -2.30. The van der Waals surface area contributed by atoms with Crippen molar-refractivity contribution in [1.29, 1.82) is 0 Å². The normalized spacial score (nSPS) is 21.7. The monoisotopic (exact) mass is 493 g/mol. The predicted octanol–water partition coefficient (Wildman–Crippen LogP) is 4.51. The van der Waals surface area contributed by atoms with E-state index in [0.717, 1.165) is 31.3 Å². The molecule has 1 aliphatic heterocycles. The number of carboxylic acid groups (broad SMARTS) is 1. The summed E-state index contributed by atoms with van der Waals surface area (Å²) in [5, 5.41) is 12.1. The van der Waals surface area contributed by atoms with Gasteiger partial charge in [-0.1, -0.05) is 6.07 Å². The molecular weight excluding hydrogens is 465 g/mol. The van der Waals surface area contributed by atoms with E-state index < -0.39 is 18.1 Å². The average molecular weight is 494 g/mol. The Hall–Kier alpha value is -3.79. The van der Waals surface area contributed by atoms with Crippen LogP contribution in [0.15, 0.2) is 41.5 Å². The second-order valence-electron chi connectivity index (χ2n) is 9.01. The largest absolute Gasteiger partial charge is 0.481 e. The van der Waals surface area contributed by atoms with Crippen LogP contribution in [0.2, 0.25) is 0 Å². The number of rotatable bonds is 8. The molecule has 2 aromatic heterocycles. The lowest BCUT2D eigenvalue weighted by Crippen LogP contribution is -2.34. The molecule has 3 heterocycles. The first-order valence-electron chi connectivity index (χ1n) is 12.1. The second kappa shape index (κ2) is 10.4. The molecule has 1 aliphatic carbocycles. The fourth-order valence-electron chi connectivity index (χ4n) is 4.64. The first-order chi connectivity index (χ1) is 17.5. The number of aromatic amines is 1. The van der Waals surface area contributed by atoms with Gasteiger partial charge in [0.25, 0.3) is 0 Å². The molecule has 0 radical (unpaired) electrons. The molecule has 0 spiro atoms. The van der Waals surface area contributed by atoms with Crippen LogP contribution in [-0.2, 0) is 9.53 Å². The smallest absolute Gasteiger partial charge is 0.303 e. The number of nitrogens with one attached hydrogen (secondary N) is 2. The highest BCUT2D eigenvalue weighted by atomic mass is 19.1. The molecule has 10 heteroatoms. The van der Waals surface area contributed by atoms with Crippen LogP contribution in [-0.4, -0.2) is 51.3 Å². The maximum absolute atomic E-state index is 15.1. The molecule has 3 N–H and O–H groups in total. The van der Waals surface area contributed by atoms with E-state index in [1.165, 1.54) is 6.07 Å². The SMILES string of the molecule is CCOc1ccc2[nH]c(-c3ccc(C4=CNC(OC5CCC(CC(=O)O)CC5)N=C4)cc3F)nc2n1. The van der Waals surface area contributed by atoms with Crippen molar-refractivity contribution in [3.8, 4) is 17.3 Å². The molecule has 1 aromatic carbocycles. The molecule has 1 atom stereocenters. The van der Waals surface area contributed by atoms with Gasteiger partial charge < -0.3 is 24.9 Å². The number of carbonyl (C=O) groups is 1. The Balaban J connectivity index is 1.21. The second-order valence-corrected chi connectivity index (χ2v) is 9.01. The highest BCUT2D eigenvalue weighted by Crippen LogP contribution is 2.30. The molecule has 9 nitrogen and oxygen atoms in total. The molecule has 5 rings (SSSR count). The van der Waals surface area contributed by atoms with Crippen LogP contribution in [0.4, 0.5) is 4.39 Å². The molecule has 1 saturated carbocycles. The zero-order chi connectivity index (χ0) is 25.1. The van der Waals surface area contributed by atoms with Gasteiger partial charge in [0.2, 0.25) is 12.2 Å². The number of hydrogen-bond donors (Lipinski definition) is 3. The van der Waals surface area contributed by atoms with Crippen molar-refractivity contribution in [2.45, 2.75) is 51.5 Å². The number of aromatic nitrogens is 3. The third kappa shape index (κ3) is 5.38. The van der Waals surface area contributed by atoms with Crippen LogP contribution >= 0.6 is 0 Å². The minimum atomic E-state index is -0.745. The standard InChI is InChI=1S/C26H28FN5O4/c1-2-35-22-10-9-21-25(31-22)32-24(30-21)19-8-5-16(12-20(19)27)17-13-28-26(29-14-17)36-18-6-3-15(4-7-18)11-23(33)34/h5,8-10,12-15,18,26,28H,2-4,6-7,11H2,1H3,(H,33,34)(H,30,31,32). The minimum Gasteiger partial charge on any atom is -0.481 e. The number of ether oxygens (including phenoxy) is 2. The van der Waals surface area contributed by atoms with E-state index in [1.54, 1.807) is 24.5 Å². The molecule has 0 bridgehead atoms. The molecular formula is C26H28FN5O4. The van der Waals surface area contributed by atoms with Gasteiger partial charge in [0.15, 0.2) is 5.65 Å². The summed E-state index contributed by atoms with van der Waals surface area (Å²) in [7, 11) is 0. The van der Waals surface area contributed by atoms with Crippen LogP contribution in [0.5, 0.6) is 5.88 Å². The van der Waals surface area contributed by atoms with E-state index in [-0.39, 0.29) is 18.4 Å². The number of halogens is 1. The summed E-state index contributed by atoms with van der Waals surface area (Å²) in [6, 6.07) is 8.50. The van der Waals surface area contributed by atoms with Gasteiger partial charge in [0.05, 0.1) is 23.8 Å². The molecule has 1 unspecified atom stereocenters. The van der Waals surface area contributed by atoms with Gasteiger partial charge in [0.1, 0.15) is 11.6 Å². The molecule has 188 valence electrons. The Morgan fingerprint density at radius 3 is 2.69 bits per heavy atom. The summed E-state index contributed by atoms with van der Waals surface area (Å²) in [5.74, 6) is -0.0692. The number of carboxylic acids is 1. The van der Waals surface area contributed by atoms with Gasteiger partial charge >= 0.3 is 5.97 Å². The Bertz CT molecular complexity index is 1310. The van der Waals surface area contributed by atoms with E-state index in [1.807, 2.05) is 19.1 Å². The van der Waals surface area contributed by atoms with Crippen LogP contribution in [0.25, 0.3) is 28.1 Å². The fourth-order valence-corrected chi connectivity index (χ4v) is 4.64. The van der Waals surface area contributed by atoms with E-state index in [0.29, 0.717) is 40.6 Å². The fraction of sp³-hybridized carbons (Fsp3) is 0.385. The van der Waals surface area contributed by atoms with Gasteiger partial charge in [-0.3, -0.25) is 4.79 Å². The van der Waals surface area contributed by atoms with E-state index in [4.69, 9.17) is 14.6 Å². The number of pyridine rings is 1. The van der Waals surface area contributed by atoms with Crippen molar-refractivity contribution in [2.24, 2.45) is 10.9 Å². The number of allylic oxidation sites excluding steroid dienone is 1. The van der Waals surface area contributed by atoms with Gasteiger partial charge in [-0.05, 0) is 62.3 Å². The minimum absolute atomic E-state index is 0.0410. The summed E-state index contributed by atoms with van der Waals surface area (Å²) in [6.07, 6.45) is 6.51. The first-order valence-corrected chi connectivity index (χ1v) is 12.1. The van der Waals surface area contributed by atoms with Gasteiger partial charge in [-0.25, -0.2) is 14.4 Å². The number of nitrogens with zero attached hydrogens (tertiary/aromatic N) is 3. The topological polar surface area (TPSA) is 122 Å². The number of benzene rings is 1. The highest BCUT2D eigenvalue weighted by molar-refractivity contribution is 6.10. The number of imidazole rings is 1. The van der Waals surface area contributed by atoms with Crippen molar-refractivity contribution >= 4 is 28.9 Å². The van der Waals surface area contributed by atoms with E-state index in [2.05, 4.69) is 25.3 Å². The summed E-state index contributed by atoms with van der Waals surface area (Å²) >= 11 is 0. The number of hydrogen-bond acceptors (Lipinski definition) is 7. The summed E-state index contributed by atoms with van der Waals surface area (Å²) in [6.45, 7) is 2.38. The first kappa shape index (κ1) is 23.9. The average Bonchev–Trinajstić information content (AvgIpc) is 3.29. The van der Waals surface area contributed by atoms with Crippen LogP contribution < -0.4 is 10.1 Å². The van der Waals surface area contributed by atoms with Crippen molar-refractivity contribution < 1.29 is 23.8 Å². The zero-order valence-electron chi connectivity index (χ0n) is 19.9. The number of aliphatic carboxylic acids is 1. The van der Waals surface area contributed by atoms with Crippen LogP contribution in [0.1, 0.15) is 44.6 Å². The van der Waals surface area contributed by atoms with Crippen molar-refractivity contribution in [3.63, 3.8) is 0 Å². The van der Waals surface area contributed by atoms with Crippen molar-refractivity contribution in [1.82, 2.24) is 20.3 Å². The van der Waals surface area contributed by atoms with Crippen molar-refractivity contribution in [2.75, 3.05) is 6.61 Å².